The van der Waals surface area contributed by atoms with Gasteiger partial charge in [0, 0.05) is 12.1 Å². The molecule has 1 aliphatic rings. The van der Waals surface area contributed by atoms with Crippen LogP contribution in [0.3, 0.4) is 0 Å². The van der Waals surface area contributed by atoms with E-state index in [1.165, 1.54) is 0 Å². The van der Waals surface area contributed by atoms with Gasteiger partial charge in [0.15, 0.2) is 6.61 Å². The third-order valence-corrected chi connectivity index (χ3v) is 4.26. The number of carbonyl (C=O) groups excluding carboxylic acids is 2. The van der Waals surface area contributed by atoms with Gasteiger partial charge in [0.05, 0.1) is 11.1 Å². The van der Waals surface area contributed by atoms with Crippen molar-refractivity contribution in [1.82, 2.24) is 4.90 Å². The van der Waals surface area contributed by atoms with Gasteiger partial charge in [0.2, 0.25) is 0 Å². The molecule has 2 atom stereocenters. The Morgan fingerprint density at radius 1 is 1.12 bits per heavy atom. The Bertz CT molecular complexity index is 588. The number of hydrogen-bond donors (Lipinski definition) is 0. The highest BCUT2D eigenvalue weighted by atomic mass is 19.4. The van der Waals surface area contributed by atoms with E-state index in [0.29, 0.717) is 0 Å². The molecule has 1 fully saturated rings. The maximum Gasteiger partial charge on any atom is 0.416 e. The zero-order valence-electron chi connectivity index (χ0n) is 13.6. The fourth-order valence-electron chi connectivity index (χ4n) is 2.99. The molecule has 1 saturated heterocycles. The first-order chi connectivity index (χ1) is 11.2. The number of rotatable bonds is 3. The van der Waals surface area contributed by atoms with E-state index in [9.17, 15) is 22.8 Å². The molecule has 1 aromatic carbocycles. The number of esters is 1. The van der Waals surface area contributed by atoms with Gasteiger partial charge < -0.3 is 9.64 Å². The SMILES string of the molecule is CC1CCCC(C)N1C(=O)COC(=O)c1ccc(C(F)(F)F)cc1. The minimum absolute atomic E-state index is 0.0180. The Kier molecular flexibility index (Phi) is 5.51. The van der Waals surface area contributed by atoms with E-state index in [2.05, 4.69) is 0 Å². The highest BCUT2D eigenvalue weighted by Gasteiger charge is 2.31. The largest absolute Gasteiger partial charge is 0.452 e. The molecule has 4 nitrogen and oxygen atoms in total. The molecule has 1 heterocycles. The second kappa shape index (κ2) is 7.23. The number of halogens is 3. The summed E-state index contributed by atoms with van der Waals surface area (Å²) in [5.74, 6) is -1.09. The van der Waals surface area contributed by atoms with Gasteiger partial charge in [0.25, 0.3) is 5.91 Å². The van der Waals surface area contributed by atoms with Crippen LogP contribution < -0.4 is 0 Å². The molecule has 0 bridgehead atoms. The quantitative estimate of drug-likeness (QED) is 0.787. The first-order valence-corrected chi connectivity index (χ1v) is 7.85. The average Bonchev–Trinajstić information content (AvgIpc) is 2.51. The van der Waals surface area contributed by atoms with Crippen LogP contribution in [0.2, 0.25) is 0 Å². The Labute approximate surface area is 138 Å². The number of hydrogen-bond acceptors (Lipinski definition) is 3. The summed E-state index contributed by atoms with van der Waals surface area (Å²) in [4.78, 5) is 25.8. The number of benzene rings is 1. The number of alkyl halides is 3. The van der Waals surface area contributed by atoms with E-state index in [1.807, 2.05) is 13.8 Å². The molecule has 0 aliphatic carbocycles. The molecule has 2 rings (SSSR count). The number of amides is 1. The lowest BCUT2D eigenvalue weighted by Gasteiger charge is -2.38. The number of nitrogens with zero attached hydrogens (tertiary/aromatic N) is 1. The highest BCUT2D eigenvalue weighted by molar-refractivity contribution is 5.91. The first-order valence-electron chi connectivity index (χ1n) is 7.85. The third kappa shape index (κ3) is 4.27. The van der Waals surface area contributed by atoms with E-state index in [0.717, 1.165) is 43.5 Å². The molecule has 0 radical (unpaired) electrons. The number of carbonyl (C=O) groups is 2. The lowest BCUT2D eigenvalue weighted by Crippen LogP contribution is -2.49. The first kappa shape index (κ1) is 18.3. The normalized spacial score (nSPS) is 21.5. The Hall–Kier alpha value is -2.05. The van der Waals surface area contributed by atoms with Crippen LogP contribution in [0.1, 0.15) is 49.0 Å². The van der Waals surface area contributed by atoms with Crippen molar-refractivity contribution < 1.29 is 27.5 Å². The zero-order valence-corrected chi connectivity index (χ0v) is 13.6. The predicted octanol–water partition coefficient (Wildman–Crippen LogP) is 3.65. The summed E-state index contributed by atoms with van der Waals surface area (Å²) in [6.45, 7) is 3.49. The molecule has 1 amide bonds. The van der Waals surface area contributed by atoms with Crippen molar-refractivity contribution in [1.29, 1.82) is 0 Å². The monoisotopic (exact) mass is 343 g/mol. The standard InChI is InChI=1S/C17H20F3NO3/c1-11-4-3-5-12(2)21(11)15(22)10-24-16(23)13-6-8-14(9-7-13)17(18,19)20/h6-9,11-12H,3-5,10H2,1-2H3. The number of ether oxygens (including phenoxy) is 1. The Morgan fingerprint density at radius 2 is 1.67 bits per heavy atom. The molecular formula is C17H20F3NO3. The maximum absolute atomic E-state index is 12.5. The van der Waals surface area contributed by atoms with Crippen LogP contribution in [0.15, 0.2) is 24.3 Å². The van der Waals surface area contributed by atoms with Gasteiger partial charge in [-0.1, -0.05) is 0 Å². The van der Waals surface area contributed by atoms with Gasteiger partial charge in [-0.25, -0.2) is 4.79 Å². The average molecular weight is 343 g/mol. The number of likely N-dealkylation sites (tertiary alicyclic amines) is 1. The van der Waals surface area contributed by atoms with Crippen molar-refractivity contribution in [3.05, 3.63) is 35.4 Å². The second-order valence-corrected chi connectivity index (χ2v) is 6.08. The molecule has 0 spiro atoms. The maximum atomic E-state index is 12.5. The van der Waals surface area contributed by atoms with E-state index < -0.39 is 24.3 Å². The summed E-state index contributed by atoms with van der Waals surface area (Å²) in [7, 11) is 0. The van der Waals surface area contributed by atoms with Gasteiger partial charge in [-0.15, -0.1) is 0 Å². The molecule has 1 aromatic rings. The zero-order chi connectivity index (χ0) is 17.9. The summed E-state index contributed by atoms with van der Waals surface area (Å²) < 4.78 is 42.4. The minimum atomic E-state index is -4.46. The van der Waals surface area contributed by atoms with Gasteiger partial charge in [-0.2, -0.15) is 13.2 Å². The summed E-state index contributed by atoms with van der Waals surface area (Å²) in [5, 5.41) is 0. The fourth-order valence-corrected chi connectivity index (χ4v) is 2.99. The lowest BCUT2D eigenvalue weighted by atomic mass is 9.97. The summed E-state index contributed by atoms with van der Waals surface area (Å²) >= 11 is 0. The summed E-state index contributed by atoms with van der Waals surface area (Å²) in [6, 6.07) is 3.89. The van der Waals surface area contributed by atoms with Crippen LogP contribution >= 0.6 is 0 Å². The van der Waals surface area contributed by atoms with E-state index in [4.69, 9.17) is 4.74 Å². The Balaban J connectivity index is 1.94. The van der Waals surface area contributed by atoms with E-state index in [1.54, 1.807) is 4.90 Å². The summed E-state index contributed by atoms with van der Waals surface area (Å²) in [5.41, 5.74) is -0.860. The highest BCUT2D eigenvalue weighted by Crippen LogP contribution is 2.29. The molecule has 0 saturated carbocycles. The topological polar surface area (TPSA) is 46.6 Å². The van der Waals surface area contributed by atoms with Crippen molar-refractivity contribution in [2.75, 3.05) is 6.61 Å². The number of piperidine rings is 1. The van der Waals surface area contributed by atoms with Crippen LogP contribution in [0, 0.1) is 0 Å². The van der Waals surface area contributed by atoms with Crippen LogP contribution in [-0.2, 0) is 15.7 Å². The van der Waals surface area contributed by atoms with Crippen molar-refractivity contribution in [2.24, 2.45) is 0 Å². The second-order valence-electron chi connectivity index (χ2n) is 6.08. The molecular weight excluding hydrogens is 323 g/mol. The predicted molar refractivity (Wildman–Crippen MR) is 81.3 cm³/mol. The van der Waals surface area contributed by atoms with Crippen molar-refractivity contribution in [3.8, 4) is 0 Å². The van der Waals surface area contributed by atoms with Gasteiger partial charge in [-0.05, 0) is 57.4 Å². The van der Waals surface area contributed by atoms with Crippen LogP contribution in [0.5, 0.6) is 0 Å². The smallest absolute Gasteiger partial charge is 0.416 e. The molecule has 0 aromatic heterocycles. The molecule has 2 unspecified atom stereocenters. The third-order valence-electron chi connectivity index (χ3n) is 4.26. The van der Waals surface area contributed by atoms with Crippen LogP contribution in [0.25, 0.3) is 0 Å². The van der Waals surface area contributed by atoms with Crippen molar-refractivity contribution in [2.45, 2.75) is 51.4 Å². The van der Waals surface area contributed by atoms with Gasteiger partial charge in [-0.3, -0.25) is 4.79 Å². The minimum Gasteiger partial charge on any atom is -0.452 e. The van der Waals surface area contributed by atoms with E-state index in [-0.39, 0.29) is 23.6 Å². The van der Waals surface area contributed by atoms with Crippen LogP contribution in [0.4, 0.5) is 13.2 Å². The van der Waals surface area contributed by atoms with Crippen LogP contribution in [-0.4, -0.2) is 35.5 Å². The van der Waals surface area contributed by atoms with Crippen molar-refractivity contribution in [3.63, 3.8) is 0 Å². The molecule has 7 heteroatoms. The molecule has 0 N–H and O–H groups in total. The van der Waals surface area contributed by atoms with Gasteiger partial charge in [0.1, 0.15) is 0 Å². The Morgan fingerprint density at radius 3 is 2.17 bits per heavy atom. The van der Waals surface area contributed by atoms with Crippen molar-refractivity contribution >= 4 is 11.9 Å². The molecule has 132 valence electrons. The van der Waals surface area contributed by atoms with E-state index >= 15 is 0 Å². The summed E-state index contributed by atoms with van der Waals surface area (Å²) in [6.07, 6.45) is -1.59. The molecule has 24 heavy (non-hydrogen) atoms. The lowest BCUT2D eigenvalue weighted by molar-refractivity contribution is -0.140. The fraction of sp³-hybridized carbons (Fsp3) is 0.529. The molecule has 1 aliphatic heterocycles. The van der Waals surface area contributed by atoms with Gasteiger partial charge >= 0.3 is 12.1 Å².